The van der Waals surface area contributed by atoms with Gasteiger partial charge in [0.05, 0.1) is 25.7 Å². The number of primary amides is 1. The third-order valence-electron chi connectivity index (χ3n) is 2.62. The number of carbonyl (C=O) groups excluding carboxylic acids is 3. The minimum atomic E-state index is -0.942. The van der Waals surface area contributed by atoms with Gasteiger partial charge in [-0.25, -0.2) is 0 Å². The number of amides is 2. The lowest BCUT2D eigenvalue weighted by Crippen LogP contribution is -2.47. The normalized spacial score (nSPS) is 13.3. The zero-order valence-electron chi connectivity index (χ0n) is 12.7. The van der Waals surface area contributed by atoms with Gasteiger partial charge in [0, 0.05) is 7.11 Å². The first-order chi connectivity index (χ1) is 9.92. The number of carbonyl (C=O) groups is 3. The molecule has 0 aliphatic heterocycles. The van der Waals surface area contributed by atoms with Gasteiger partial charge >= 0.3 is 5.97 Å². The predicted octanol–water partition coefficient (Wildman–Crippen LogP) is -0.791. The van der Waals surface area contributed by atoms with Crippen LogP contribution in [0.3, 0.4) is 0 Å². The van der Waals surface area contributed by atoms with Crippen molar-refractivity contribution in [1.82, 2.24) is 5.32 Å². The fraction of sp³-hybridized carbons (Fsp3) is 0.769. The van der Waals surface area contributed by atoms with Gasteiger partial charge in [-0.3, -0.25) is 14.4 Å². The second kappa shape index (κ2) is 11.0. The summed E-state index contributed by atoms with van der Waals surface area (Å²) in [6, 6.07) is -0.942. The van der Waals surface area contributed by atoms with Crippen LogP contribution in [-0.2, 0) is 28.6 Å². The van der Waals surface area contributed by atoms with Crippen molar-refractivity contribution in [3.05, 3.63) is 0 Å². The molecule has 0 fully saturated rings. The minimum absolute atomic E-state index is 0.0813. The number of ether oxygens (including phenoxy) is 3. The first-order valence-corrected chi connectivity index (χ1v) is 6.74. The molecule has 0 spiro atoms. The van der Waals surface area contributed by atoms with Crippen molar-refractivity contribution in [2.45, 2.75) is 26.3 Å². The van der Waals surface area contributed by atoms with Gasteiger partial charge in [-0.2, -0.15) is 0 Å². The largest absolute Gasteiger partial charge is 0.466 e. The number of hydrogen-bond acceptors (Lipinski definition) is 6. The molecule has 122 valence electrons. The van der Waals surface area contributed by atoms with Crippen molar-refractivity contribution in [2.75, 3.05) is 33.5 Å². The lowest BCUT2D eigenvalue weighted by atomic mass is 10.0. The predicted molar refractivity (Wildman–Crippen MR) is 74.2 cm³/mol. The Hall–Kier alpha value is -1.67. The molecule has 3 N–H and O–H groups in total. The Morgan fingerprint density at radius 2 is 1.90 bits per heavy atom. The fourth-order valence-corrected chi connectivity index (χ4v) is 1.52. The molecule has 0 rings (SSSR count). The van der Waals surface area contributed by atoms with Gasteiger partial charge in [0.25, 0.3) is 0 Å². The molecular formula is C13H24N2O6. The van der Waals surface area contributed by atoms with Crippen LogP contribution in [0.15, 0.2) is 0 Å². The molecule has 0 aromatic heterocycles. The van der Waals surface area contributed by atoms with Crippen molar-refractivity contribution in [3.63, 3.8) is 0 Å². The van der Waals surface area contributed by atoms with E-state index in [1.165, 1.54) is 7.11 Å². The second-order valence-corrected chi connectivity index (χ2v) is 4.46. The molecule has 0 radical (unpaired) electrons. The monoisotopic (exact) mass is 304 g/mol. The van der Waals surface area contributed by atoms with Crippen LogP contribution in [0.5, 0.6) is 0 Å². The topological polar surface area (TPSA) is 117 Å². The summed E-state index contributed by atoms with van der Waals surface area (Å²) < 4.78 is 14.6. The molecule has 0 unspecified atom stereocenters. The highest BCUT2D eigenvalue weighted by Crippen LogP contribution is 2.08. The maximum absolute atomic E-state index is 11.6. The van der Waals surface area contributed by atoms with E-state index in [0.29, 0.717) is 6.61 Å². The Morgan fingerprint density at radius 3 is 2.43 bits per heavy atom. The number of hydrogen-bond donors (Lipinski definition) is 2. The standard InChI is InChI=1S/C13H24N2O6/c1-4-21-13(18)9(2)7-10(12(14)17)15-11(16)8-20-6-5-19-3/h9-10H,4-8H2,1-3H3,(H2,14,17)(H,15,16)/t9-,10-/m1/s1. The summed E-state index contributed by atoms with van der Waals surface area (Å²) in [6.45, 7) is 3.98. The number of rotatable bonds is 11. The lowest BCUT2D eigenvalue weighted by Gasteiger charge is -2.18. The fourth-order valence-electron chi connectivity index (χ4n) is 1.52. The van der Waals surface area contributed by atoms with Gasteiger partial charge in [0.2, 0.25) is 11.8 Å². The Morgan fingerprint density at radius 1 is 1.24 bits per heavy atom. The molecule has 8 heteroatoms. The molecule has 0 heterocycles. The number of nitrogens with one attached hydrogen (secondary N) is 1. The number of esters is 1. The first kappa shape index (κ1) is 19.3. The van der Waals surface area contributed by atoms with Crippen LogP contribution in [0, 0.1) is 5.92 Å². The molecule has 0 aromatic rings. The molecule has 8 nitrogen and oxygen atoms in total. The SMILES string of the molecule is CCOC(=O)[C@H](C)C[C@@H](NC(=O)COCCOC)C(N)=O. The van der Waals surface area contributed by atoms with Crippen LogP contribution in [0.25, 0.3) is 0 Å². The van der Waals surface area contributed by atoms with E-state index in [4.69, 9.17) is 19.9 Å². The third-order valence-corrected chi connectivity index (χ3v) is 2.62. The molecule has 21 heavy (non-hydrogen) atoms. The molecular weight excluding hydrogens is 280 g/mol. The Labute approximate surface area is 124 Å². The van der Waals surface area contributed by atoms with Crippen LogP contribution < -0.4 is 11.1 Å². The minimum Gasteiger partial charge on any atom is -0.466 e. The first-order valence-electron chi connectivity index (χ1n) is 6.74. The van der Waals surface area contributed by atoms with Crippen molar-refractivity contribution < 1.29 is 28.6 Å². The van der Waals surface area contributed by atoms with Crippen molar-refractivity contribution in [3.8, 4) is 0 Å². The summed E-state index contributed by atoms with van der Waals surface area (Å²) in [5, 5.41) is 2.43. The van der Waals surface area contributed by atoms with Gasteiger partial charge in [0.15, 0.2) is 0 Å². The molecule has 0 aliphatic rings. The summed E-state index contributed by atoms with van der Waals surface area (Å²) in [5.41, 5.74) is 5.22. The average molecular weight is 304 g/mol. The molecule has 2 atom stereocenters. The van der Waals surface area contributed by atoms with Crippen molar-refractivity contribution >= 4 is 17.8 Å². The zero-order chi connectivity index (χ0) is 16.3. The van der Waals surface area contributed by atoms with Crippen LogP contribution in [-0.4, -0.2) is 57.4 Å². The van der Waals surface area contributed by atoms with Crippen molar-refractivity contribution in [1.29, 1.82) is 0 Å². The average Bonchev–Trinajstić information content (AvgIpc) is 2.42. The summed E-state index contributed by atoms with van der Waals surface area (Å²) >= 11 is 0. The van der Waals surface area contributed by atoms with Gasteiger partial charge in [0.1, 0.15) is 12.6 Å². The van der Waals surface area contributed by atoms with Gasteiger partial charge in [-0.1, -0.05) is 6.92 Å². The second-order valence-electron chi connectivity index (χ2n) is 4.46. The lowest BCUT2D eigenvalue weighted by molar-refractivity contribution is -0.148. The van der Waals surface area contributed by atoms with Crippen LogP contribution in [0.1, 0.15) is 20.3 Å². The van der Waals surface area contributed by atoms with E-state index in [1.54, 1.807) is 13.8 Å². The molecule has 0 bridgehead atoms. The van der Waals surface area contributed by atoms with Gasteiger partial charge < -0.3 is 25.3 Å². The van der Waals surface area contributed by atoms with E-state index in [2.05, 4.69) is 5.32 Å². The van der Waals surface area contributed by atoms with Gasteiger partial charge in [-0.05, 0) is 13.3 Å². The Balaban J connectivity index is 4.26. The maximum atomic E-state index is 11.6. The van der Waals surface area contributed by atoms with E-state index >= 15 is 0 Å². The number of nitrogens with two attached hydrogens (primary N) is 1. The Bertz CT molecular complexity index is 348. The molecule has 2 amide bonds. The van der Waals surface area contributed by atoms with Crippen molar-refractivity contribution in [2.24, 2.45) is 11.7 Å². The smallest absolute Gasteiger partial charge is 0.308 e. The van der Waals surface area contributed by atoms with Gasteiger partial charge in [-0.15, -0.1) is 0 Å². The van der Waals surface area contributed by atoms with E-state index in [-0.39, 0.29) is 26.2 Å². The van der Waals surface area contributed by atoms with Crippen LogP contribution in [0.4, 0.5) is 0 Å². The number of methoxy groups -OCH3 is 1. The Kier molecular flexibility index (Phi) is 10.2. The molecule has 0 saturated heterocycles. The molecule has 0 saturated carbocycles. The highest BCUT2D eigenvalue weighted by atomic mass is 16.5. The summed E-state index contributed by atoms with van der Waals surface area (Å²) in [6.07, 6.45) is 0.0813. The summed E-state index contributed by atoms with van der Waals surface area (Å²) in [4.78, 5) is 34.4. The van der Waals surface area contributed by atoms with Crippen LogP contribution >= 0.6 is 0 Å². The van der Waals surface area contributed by atoms with Crippen LogP contribution in [0.2, 0.25) is 0 Å². The summed E-state index contributed by atoms with van der Waals surface area (Å²) in [7, 11) is 1.52. The maximum Gasteiger partial charge on any atom is 0.308 e. The van der Waals surface area contributed by atoms with E-state index in [9.17, 15) is 14.4 Å². The summed E-state index contributed by atoms with van der Waals surface area (Å²) in [5.74, 6) is -2.17. The zero-order valence-corrected chi connectivity index (χ0v) is 12.7. The molecule has 0 aromatic carbocycles. The van der Waals surface area contributed by atoms with E-state index in [1.807, 2.05) is 0 Å². The highest BCUT2D eigenvalue weighted by Gasteiger charge is 2.25. The quantitative estimate of drug-likeness (QED) is 0.381. The van der Waals surface area contributed by atoms with E-state index < -0.39 is 29.7 Å². The molecule has 0 aliphatic carbocycles. The third kappa shape index (κ3) is 8.98. The highest BCUT2D eigenvalue weighted by molar-refractivity contribution is 5.87. The van der Waals surface area contributed by atoms with E-state index in [0.717, 1.165) is 0 Å².